The van der Waals surface area contributed by atoms with Crippen molar-refractivity contribution < 1.29 is 28.5 Å². The maximum atomic E-state index is 13.6. The lowest BCUT2D eigenvalue weighted by molar-refractivity contribution is -0.132. The molecule has 1 aliphatic rings. The van der Waals surface area contributed by atoms with Crippen LogP contribution in [0.2, 0.25) is 0 Å². The van der Waals surface area contributed by atoms with Gasteiger partial charge in [-0.25, -0.2) is 14.6 Å². The highest BCUT2D eigenvalue weighted by atomic mass is 16.5. The van der Waals surface area contributed by atoms with Gasteiger partial charge in [0.1, 0.15) is 24.5 Å². The topological polar surface area (TPSA) is 206 Å². The molecule has 4 heterocycles. The van der Waals surface area contributed by atoms with Gasteiger partial charge < -0.3 is 30.7 Å². The van der Waals surface area contributed by atoms with Crippen molar-refractivity contribution in [3.05, 3.63) is 60.2 Å². The molecule has 0 radical (unpaired) electrons. The van der Waals surface area contributed by atoms with Crippen molar-refractivity contribution in [2.75, 3.05) is 19.6 Å². The third kappa shape index (κ3) is 8.63. The zero-order chi connectivity index (χ0) is 35.1. The summed E-state index contributed by atoms with van der Waals surface area (Å²) in [6.07, 6.45) is 2.12. The molecule has 0 bridgehead atoms. The molecule has 1 aliphatic heterocycles. The van der Waals surface area contributed by atoms with Crippen LogP contribution in [0.5, 0.6) is 0 Å². The van der Waals surface area contributed by atoms with Gasteiger partial charge in [0.2, 0.25) is 35.0 Å². The van der Waals surface area contributed by atoms with Gasteiger partial charge in [-0.15, -0.1) is 0 Å². The summed E-state index contributed by atoms with van der Waals surface area (Å²) in [6, 6.07) is 9.87. The highest BCUT2D eigenvalue weighted by Crippen LogP contribution is 2.20. The molecule has 16 nitrogen and oxygen atoms in total. The number of benzene rings is 1. The normalized spacial score (nSPS) is 20.3. The molecule has 0 spiro atoms. The van der Waals surface area contributed by atoms with E-state index in [-0.39, 0.29) is 49.3 Å². The number of nitrogens with zero attached hydrogens (tertiary/aromatic N) is 6. The minimum atomic E-state index is -1.03. The summed E-state index contributed by atoms with van der Waals surface area (Å²) in [5.41, 5.74) is 0.972. The van der Waals surface area contributed by atoms with Gasteiger partial charge in [-0.2, -0.15) is 5.10 Å². The summed E-state index contributed by atoms with van der Waals surface area (Å²) in [4.78, 5) is 76.8. The molecule has 16 heteroatoms. The van der Waals surface area contributed by atoms with Crippen molar-refractivity contribution in [3.63, 3.8) is 0 Å². The fraction of sp³-hybridized carbons (Fsp3) is 0.424. The lowest BCUT2D eigenvalue weighted by Gasteiger charge is -2.25. The summed E-state index contributed by atoms with van der Waals surface area (Å²) in [7, 11) is 0. The lowest BCUT2D eigenvalue weighted by atomic mass is 10.0. The predicted octanol–water partition coefficient (Wildman–Crippen LogP) is 1.36. The van der Waals surface area contributed by atoms with E-state index in [1.165, 1.54) is 22.7 Å². The Morgan fingerprint density at radius 3 is 2.47 bits per heavy atom. The van der Waals surface area contributed by atoms with Gasteiger partial charge in [0.05, 0.1) is 18.0 Å². The Labute approximate surface area is 282 Å². The summed E-state index contributed by atoms with van der Waals surface area (Å²) in [5.74, 6) is -1.94. The predicted molar refractivity (Wildman–Crippen MR) is 176 cm³/mol. The van der Waals surface area contributed by atoms with E-state index in [1.54, 1.807) is 19.1 Å². The van der Waals surface area contributed by atoms with Gasteiger partial charge in [-0.3, -0.25) is 24.0 Å². The van der Waals surface area contributed by atoms with E-state index in [0.717, 1.165) is 5.56 Å². The minimum absolute atomic E-state index is 0.0387. The van der Waals surface area contributed by atoms with E-state index in [1.807, 2.05) is 44.2 Å². The van der Waals surface area contributed by atoms with Gasteiger partial charge >= 0.3 is 0 Å². The van der Waals surface area contributed by atoms with Crippen LogP contribution in [0.1, 0.15) is 63.0 Å². The minimum Gasteiger partial charge on any atom is -0.354 e. The number of hydrogen-bond acceptors (Lipinski definition) is 10. The van der Waals surface area contributed by atoms with Crippen molar-refractivity contribution in [3.8, 4) is 11.4 Å². The van der Waals surface area contributed by atoms with Crippen LogP contribution in [0.3, 0.4) is 0 Å². The molecule has 4 N–H and O–H groups in total. The van der Waals surface area contributed by atoms with Gasteiger partial charge in [0.25, 0.3) is 5.91 Å². The molecule has 0 saturated carbocycles. The lowest BCUT2D eigenvalue weighted by Crippen LogP contribution is -2.54. The Hall–Kier alpha value is -5.67. The summed E-state index contributed by atoms with van der Waals surface area (Å²) < 4.78 is 6.75. The van der Waals surface area contributed by atoms with Crippen molar-refractivity contribution in [2.24, 2.45) is 5.92 Å². The fourth-order valence-corrected chi connectivity index (χ4v) is 5.43. The Bertz CT molecular complexity index is 1820. The molecule has 4 aromatic rings. The molecule has 0 saturated heterocycles. The second-order valence-electron chi connectivity index (χ2n) is 12.3. The Morgan fingerprint density at radius 2 is 1.71 bits per heavy atom. The van der Waals surface area contributed by atoms with Crippen molar-refractivity contribution >= 4 is 40.6 Å². The molecule has 3 atom stereocenters. The van der Waals surface area contributed by atoms with Crippen LogP contribution in [0.15, 0.2) is 53.2 Å². The number of hydrogen-bond donors (Lipinski definition) is 4. The molecule has 258 valence electrons. The first-order chi connectivity index (χ1) is 23.5. The molecule has 0 unspecified atom stereocenters. The van der Waals surface area contributed by atoms with E-state index < -0.39 is 48.3 Å². The van der Waals surface area contributed by atoms with Gasteiger partial charge in [-0.05, 0) is 44.7 Å². The SMILES string of the molecule is CC(C)C[C@H]1NC(=O)[C@@H](C)NC(=O)CN(C(=O)c2onc3ncccc23)CCCNC(=O)Cn2nc(-c3ccccc3)nc2[C@H](C)NC1=O. The van der Waals surface area contributed by atoms with E-state index in [2.05, 4.69) is 41.5 Å². The van der Waals surface area contributed by atoms with Crippen LogP contribution in [0, 0.1) is 5.92 Å². The standard InChI is InChI=1S/C33H40N10O6/c1-19(2)16-24-32(47)37-20(3)30-39-28(22-10-6-5-7-11-22)40-43(30)18-25(44)34-14-9-15-42(17-26(45)36-21(4)31(46)38-24)33(48)27-23-12-8-13-35-29(23)41-49-27/h5-8,10-13,19-21,24H,9,14-18H2,1-4H3,(H,34,44)(H,36,45)(H,37,47)(H,38,46)/t20-,21+,24+/m0/s1. The highest BCUT2D eigenvalue weighted by Gasteiger charge is 2.30. The van der Waals surface area contributed by atoms with Crippen molar-refractivity contribution in [2.45, 2.75) is 65.2 Å². The first kappa shape index (κ1) is 34.7. The first-order valence-electron chi connectivity index (χ1n) is 16.2. The zero-order valence-electron chi connectivity index (χ0n) is 27.8. The van der Waals surface area contributed by atoms with Crippen LogP contribution in [0.25, 0.3) is 22.4 Å². The molecule has 5 rings (SSSR count). The van der Waals surface area contributed by atoms with Crippen LogP contribution in [-0.4, -0.2) is 91.1 Å². The van der Waals surface area contributed by atoms with Gasteiger partial charge in [0.15, 0.2) is 5.82 Å². The number of carbonyl (C=O) groups is 5. The van der Waals surface area contributed by atoms with E-state index in [0.29, 0.717) is 23.5 Å². The Kier molecular flexibility index (Phi) is 11.0. The molecule has 0 aliphatic carbocycles. The monoisotopic (exact) mass is 672 g/mol. The third-order valence-corrected chi connectivity index (χ3v) is 7.88. The first-order valence-corrected chi connectivity index (χ1v) is 16.2. The molecule has 5 amide bonds. The number of aromatic nitrogens is 5. The average Bonchev–Trinajstić information content (AvgIpc) is 3.70. The van der Waals surface area contributed by atoms with Crippen LogP contribution in [-0.2, 0) is 25.7 Å². The fourth-order valence-electron chi connectivity index (χ4n) is 5.43. The Morgan fingerprint density at radius 1 is 0.939 bits per heavy atom. The molecule has 3 aromatic heterocycles. The van der Waals surface area contributed by atoms with E-state index in [4.69, 9.17) is 4.52 Å². The number of rotatable bonds is 4. The van der Waals surface area contributed by atoms with Crippen LogP contribution >= 0.6 is 0 Å². The molecule has 1 aromatic carbocycles. The second-order valence-corrected chi connectivity index (χ2v) is 12.3. The third-order valence-electron chi connectivity index (χ3n) is 7.88. The maximum absolute atomic E-state index is 13.6. The van der Waals surface area contributed by atoms with Gasteiger partial charge in [0, 0.05) is 24.8 Å². The van der Waals surface area contributed by atoms with E-state index >= 15 is 0 Å². The number of fused-ring (bicyclic) bond motifs is 2. The largest absolute Gasteiger partial charge is 0.354 e. The van der Waals surface area contributed by atoms with Crippen LogP contribution < -0.4 is 21.3 Å². The summed E-state index contributed by atoms with van der Waals surface area (Å²) >= 11 is 0. The summed E-state index contributed by atoms with van der Waals surface area (Å²) in [6.45, 7) is 6.69. The molecule has 49 heavy (non-hydrogen) atoms. The summed E-state index contributed by atoms with van der Waals surface area (Å²) in [5, 5.41) is 19.9. The maximum Gasteiger partial charge on any atom is 0.293 e. The van der Waals surface area contributed by atoms with Crippen molar-refractivity contribution in [1.82, 2.24) is 51.1 Å². The Balaban J connectivity index is 1.43. The average molecular weight is 673 g/mol. The number of carbonyl (C=O) groups excluding carboxylic acids is 5. The number of nitrogens with one attached hydrogen (secondary N) is 4. The number of amides is 5. The quantitative estimate of drug-likeness (QED) is 0.245. The van der Waals surface area contributed by atoms with E-state index in [9.17, 15) is 24.0 Å². The van der Waals surface area contributed by atoms with Crippen molar-refractivity contribution in [1.29, 1.82) is 0 Å². The molecular weight excluding hydrogens is 632 g/mol. The molecular formula is C33H40N10O6. The molecule has 0 fully saturated rings. The highest BCUT2D eigenvalue weighted by molar-refractivity contribution is 6.04. The van der Waals surface area contributed by atoms with Crippen LogP contribution in [0.4, 0.5) is 0 Å². The second kappa shape index (κ2) is 15.5. The zero-order valence-corrected chi connectivity index (χ0v) is 27.8. The number of pyridine rings is 1. The smallest absolute Gasteiger partial charge is 0.293 e. The van der Waals surface area contributed by atoms with Gasteiger partial charge in [-0.1, -0.05) is 49.3 Å².